The molecule has 1 aromatic carbocycles. The summed E-state index contributed by atoms with van der Waals surface area (Å²) in [5, 5.41) is -2.74. The van der Waals surface area contributed by atoms with Crippen molar-refractivity contribution in [2.75, 3.05) is 0 Å². The zero-order chi connectivity index (χ0) is 20.6. The molecule has 0 saturated carbocycles. The summed E-state index contributed by atoms with van der Waals surface area (Å²) in [5.74, 6) is -13.6. The van der Waals surface area contributed by atoms with Crippen LogP contribution < -0.4 is 0 Å². The molecule has 0 unspecified atom stereocenters. The van der Waals surface area contributed by atoms with Crippen LogP contribution in [0.1, 0.15) is 10.4 Å². The molecule has 0 fully saturated rings. The summed E-state index contributed by atoms with van der Waals surface area (Å²) in [6, 6.07) is 4.53. The average Bonchev–Trinajstić information content (AvgIpc) is 2.44. The van der Waals surface area contributed by atoms with E-state index in [1.807, 2.05) is 0 Å². The van der Waals surface area contributed by atoms with Gasteiger partial charge in [0.05, 0.1) is 5.56 Å². The first-order chi connectivity index (χ1) is 11.5. The number of carbonyl (C=O) groups excluding carboxylic acids is 2. The molecule has 0 aliphatic carbocycles. The molecule has 1 rings (SSSR count). The van der Waals surface area contributed by atoms with Gasteiger partial charge >= 0.3 is 24.0 Å². The Labute approximate surface area is 149 Å². The highest BCUT2D eigenvalue weighted by molar-refractivity contribution is 8.14. The van der Waals surface area contributed by atoms with Crippen molar-refractivity contribution in [2.45, 2.75) is 42.6 Å². The average molecular weight is 422 g/mol. The number of alkyl halides is 7. The van der Waals surface area contributed by atoms with Crippen molar-refractivity contribution in [3.63, 3.8) is 0 Å². The van der Waals surface area contributed by atoms with Crippen molar-refractivity contribution in [2.24, 2.45) is 0 Å². The predicted octanol–water partition coefficient (Wildman–Crippen LogP) is 5.13. The molecule has 0 atom stereocenters. The smallest absolute Gasteiger partial charge is 0.460 e. The highest BCUT2D eigenvalue weighted by Gasteiger charge is 2.76. The molecule has 0 heterocycles. The first kappa shape index (κ1) is 22.5. The quantitative estimate of drug-likeness (QED) is 0.375. The van der Waals surface area contributed by atoms with Gasteiger partial charge in [0.15, 0.2) is 0 Å². The van der Waals surface area contributed by atoms with Crippen molar-refractivity contribution < 1.29 is 44.7 Å². The molecular formula is C14H13F7O3SSi. The monoisotopic (exact) mass is 422 g/mol. The molecule has 1 aromatic rings. The summed E-state index contributed by atoms with van der Waals surface area (Å²) in [4.78, 5) is 23.0. The Balaban J connectivity index is 3.17. The maximum atomic E-state index is 13.4. The molecule has 0 bridgehead atoms. The molecule has 0 aliphatic heterocycles. The molecule has 0 N–H and O–H groups in total. The number of halogens is 7. The molecule has 146 valence electrons. The van der Waals surface area contributed by atoms with Crippen LogP contribution in [0.4, 0.5) is 30.7 Å². The lowest BCUT2D eigenvalue weighted by Gasteiger charge is -2.26. The third-order valence-corrected chi connectivity index (χ3v) is 4.53. The van der Waals surface area contributed by atoms with E-state index in [1.54, 1.807) is 19.6 Å². The lowest BCUT2D eigenvalue weighted by atomic mass is 10.2. The van der Waals surface area contributed by atoms with E-state index in [9.17, 15) is 40.3 Å². The number of hydrogen-bond donors (Lipinski definition) is 0. The van der Waals surface area contributed by atoms with E-state index >= 15 is 0 Å². The topological polar surface area (TPSA) is 43.4 Å². The fourth-order valence-electron chi connectivity index (χ4n) is 1.53. The Bertz CT molecular complexity index is 699. The minimum Gasteiger partial charge on any atom is -0.516 e. The second kappa shape index (κ2) is 7.22. The van der Waals surface area contributed by atoms with Crippen LogP contribution in [0.5, 0.6) is 0 Å². The molecule has 0 aromatic heterocycles. The van der Waals surface area contributed by atoms with Crippen LogP contribution >= 0.6 is 11.8 Å². The van der Waals surface area contributed by atoms with Crippen LogP contribution in [0, 0.1) is 0 Å². The van der Waals surface area contributed by atoms with Gasteiger partial charge in [0, 0.05) is 4.90 Å². The Morgan fingerprint density at radius 2 is 1.46 bits per heavy atom. The molecule has 26 heavy (non-hydrogen) atoms. The van der Waals surface area contributed by atoms with Gasteiger partial charge in [-0.05, 0) is 43.5 Å². The third-order valence-electron chi connectivity index (χ3n) is 2.72. The Hall–Kier alpha value is -1.56. The first-order valence-electron chi connectivity index (χ1n) is 6.87. The van der Waals surface area contributed by atoms with Gasteiger partial charge in [-0.25, -0.2) is 4.79 Å². The zero-order valence-corrected chi connectivity index (χ0v) is 15.4. The van der Waals surface area contributed by atoms with Crippen LogP contribution in [-0.4, -0.2) is 37.4 Å². The van der Waals surface area contributed by atoms with E-state index in [0.717, 1.165) is 12.1 Å². The van der Waals surface area contributed by atoms with Gasteiger partial charge in [-0.15, -0.1) is 0 Å². The number of thioether (sulfide) groups is 1. The van der Waals surface area contributed by atoms with Crippen LogP contribution in [0.3, 0.4) is 0 Å². The van der Waals surface area contributed by atoms with Gasteiger partial charge in [-0.2, -0.15) is 30.7 Å². The summed E-state index contributed by atoms with van der Waals surface area (Å²) >= 11 is -0.580. The fourth-order valence-corrected chi connectivity index (χ4v) is 3.06. The van der Waals surface area contributed by atoms with Crippen LogP contribution in [0.15, 0.2) is 29.2 Å². The second-order valence-corrected chi connectivity index (χ2v) is 11.5. The molecular weight excluding hydrogens is 409 g/mol. The minimum absolute atomic E-state index is 0.389. The number of rotatable bonds is 5. The Morgan fingerprint density at radius 1 is 0.962 bits per heavy atom. The zero-order valence-electron chi connectivity index (χ0n) is 13.6. The van der Waals surface area contributed by atoms with E-state index in [4.69, 9.17) is 4.43 Å². The van der Waals surface area contributed by atoms with E-state index in [2.05, 4.69) is 0 Å². The van der Waals surface area contributed by atoms with Crippen LogP contribution in [-0.2, 0) is 9.22 Å². The number of benzene rings is 1. The van der Waals surface area contributed by atoms with Gasteiger partial charge in [0.1, 0.15) is 0 Å². The van der Waals surface area contributed by atoms with Crippen molar-refractivity contribution in [1.82, 2.24) is 0 Å². The van der Waals surface area contributed by atoms with Gasteiger partial charge < -0.3 is 4.43 Å². The molecule has 0 amide bonds. The normalized spacial score (nSPS) is 13.5. The van der Waals surface area contributed by atoms with E-state index in [-0.39, 0.29) is 5.56 Å². The minimum atomic E-state index is -6.62. The van der Waals surface area contributed by atoms with Crippen LogP contribution in [0.25, 0.3) is 0 Å². The molecule has 0 aliphatic rings. The standard InChI is InChI=1S/C14H13F7O3SSi/c1-26(2,3)24-10(22)8-6-4-5-7-9(8)25-11(23)12(15,16)13(17,18)14(19,20)21/h4-7H,1-3H3. The maximum absolute atomic E-state index is 13.4. The predicted molar refractivity (Wildman–Crippen MR) is 82.0 cm³/mol. The maximum Gasteiger partial charge on any atom is 0.460 e. The van der Waals surface area contributed by atoms with E-state index in [0.29, 0.717) is 0 Å². The number of hydrogen-bond acceptors (Lipinski definition) is 4. The van der Waals surface area contributed by atoms with Crippen molar-refractivity contribution in [1.29, 1.82) is 0 Å². The molecule has 0 radical (unpaired) electrons. The molecule has 0 spiro atoms. The number of carbonyl (C=O) groups is 2. The van der Waals surface area contributed by atoms with E-state index < -0.39 is 54.1 Å². The van der Waals surface area contributed by atoms with Crippen molar-refractivity contribution in [3.05, 3.63) is 29.8 Å². The van der Waals surface area contributed by atoms with Gasteiger partial charge in [-0.3, -0.25) is 4.79 Å². The SMILES string of the molecule is C[Si](C)(C)OC(=O)c1ccccc1SC(=O)C(F)(F)C(F)(F)C(F)(F)F. The first-order valence-corrected chi connectivity index (χ1v) is 11.1. The fraction of sp³-hybridized carbons (Fsp3) is 0.429. The highest BCUT2D eigenvalue weighted by atomic mass is 32.2. The summed E-state index contributed by atoms with van der Waals surface area (Å²) in [5.41, 5.74) is -0.389. The summed E-state index contributed by atoms with van der Waals surface area (Å²) in [7, 11) is -2.42. The van der Waals surface area contributed by atoms with Gasteiger partial charge in [0.25, 0.3) is 5.12 Å². The molecule has 3 nitrogen and oxygen atoms in total. The summed E-state index contributed by atoms with van der Waals surface area (Å²) < 4.78 is 94.4. The highest BCUT2D eigenvalue weighted by Crippen LogP contribution is 2.49. The Kier molecular flexibility index (Phi) is 6.24. The van der Waals surface area contributed by atoms with Crippen LogP contribution in [0.2, 0.25) is 19.6 Å². The lowest BCUT2D eigenvalue weighted by Crippen LogP contribution is -2.55. The largest absolute Gasteiger partial charge is 0.516 e. The van der Waals surface area contributed by atoms with Gasteiger partial charge in [-0.1, -0.05) is 12.1 Å². The van der Waals surface area contributed by atoms with E-state index in [1.165, 1.54) is 12.1 Å². The molecule has 12 heteroatoms. The van der Waals surface area contributed by atoms with Crippen molar-refractivity contribution >= 4 is 31.2 Å². The third kappa shape index (κ3) is 4.78. The lowest BCUT2D eigenvalue weighted by molar-refractivity contribution is -0.341. The summed E-state index contributed by atoms with van der Waals surface area (Å²) in [6.45, 7) is 4.89. The second-order valence-electron chi connectivity index (χ2n) is 6.03. The van der Waals surface area contributed by atoms with Crippen molar-refractivity contribution in [3.8, 4) is 0 Å². The molecule has 0 saturated heterocycles. The Morgan fingerprint density at radius 3 is 1.92 bits per heavy atom. The summed E-state index contributed by atoms with van der Waals surface area (Å²) in [6.07, 6.45) is -6.62. The van der Waals surface area contributed by atoms with Gasteiger partial charge in [0.2, 0.25) is 8.32 Å².